The van der Waals surface area contributed by atoms with Crippen molar-refractivity contribution < 1.29 is 19.4 Å². The molecule has 0 aromatic rings. The maximum Gasteiger partial charge on any atom is 0.335 e. The quantitative estimate of drug-likeness (QED) is 0.391. The summed E-state index contributed by atoms with van der Waals surface area (Å²) in [5.74, 6) is -0.484. The molecular weight excluding hydrogens is 160 g/mol. The fourth-order valence-corrected chi connectivity index (χ4v) is 2.31. The number of epoxide rings is 1. The molecule has 66 valence electrons. The summed E-state index contributed by atoms with van der Waals surface area (Å²) in [4.78, 5) is 11.0. The van der Waals surface area contributed by atoms with Gasteiger partial charge in [0.1, 0.15) is 12.2 Å². The summed E-state index contributed by atoms with van der Waals surface area (Å²) >= 11 is 0. The molecule has 12 heavy (non-hydrogen) atoms. The first kappa shape index (κ1) is 6.86. The number of aliphatic hydroxyl groups is 1. The van der Waals surface area contributed by atoms with Gasteiger partial charge in [0.25, 0.3) is 0 Å². The molecule has 4 nitrogen and oxygen atoms in total. The Morgan fingerprint density at radius 3 is 3.00 bits per heavy atom. The van der Waals surface area contributed by atoms with Crippen LogP contribution >= 0.6 is 0 Å². The maximum atomic E-state index is 11.0. The van der Waals surface area contributed by atoms with E-state index in [1.807, 2.05) is 0 Å². The fourth-order valence-electron chi connectivity index (χ4n) is 2.31. The Kier molecular flexibility index (Phi) is 1.14. The van der Waals surface area contributed by atoms with Crippen molar-refractivity contribution >= 4 is 5.97 Å². The molecule has 0 radical (unpaired) electrons. The second-order valence-electron chi connectivity index (χ2n) is 3.73. The number of hydrogen-bond acceptors (Lipinski definition) is 4. The summed E-state index contributed by atoms with van der Waals surface area (Å²) in [7, 11) is 0. The van der Waals surface area contributed by atoms with E-state index in [0.29, 0.717) is 6.10 Å². The van der Waals surface area contributed by atoms with Crippen LogP contribution in [0.3, 0.4) is 0 Å². The fraction of sp³-hybridized carbons (Fsp3) is 0.875. The van der Waals surface area contributed by atoms with Gasteiger partial charge < -0.3 is 14.6 Å². The smallest absolute Gasteiger partial charge is 0.335 e. The summed E-state index contributed by atoms with van der Waals surface area (Å²) in [5, 5.41) is 9.40. The predicted octanol–water partition coefficient (Wildman–Crippen LogP) is -0.550. The Balaban J connectivity index is 1.87. The van der Waals surface area contributed by atoms with Gasteiger partial charge in [0.05, 0.1) is 6.10 Å². The molecule has 0 aromatic carbocycles. The summed E-state index contributed by atoms with van der Waals surface area (Å²) in [5.41, 5.74) is 0. The second kappa shape index (κ2) is 2.00. The minimum absolute atomic E-state index is 0.0127. The first-order valence-electron chi connectivity index (χ1n) is 4.31. The van der Waals surface area contributed by atoms with E-state index < -0.39 is 12.1 Å². The van der Waals surface area contributed by atoms with Gasteiger partial charge in [0, 0.05) is 5.92 Å². The number of carbonyl (C=O) groups excluding carboxylic acids is 1. The largest absolute Gasteiger partial charge is 0.457 e. The average molecular weight is 170 g/mol. The van der Waals surface area contributed by atoms with Gasteiger partial charge in [-0.05, 0) is 12.8 Å². The molecule has 2 saturated heterocycles. The van der Waals surface area contributed by atoms with Crippen LogP contribution in [-0.2, 0) is 14.3 Å². The van der Waals surface area contributed by atoms with Crippen molar-refractivity contribution in [1.29, 1.82) is 0 Å². The van der Waals surface area contributed by atoms with Crippen molar-refractivity contribution in [3.8, 4) is 0 Å². The lowest BCUT2D eigenvalue weighted by atomic mass is 9.85. The van der Waals surface area contributed by atoms with E-state index in [1.165, 1.54) is 0 Å². The van der Waals surface area contributed by atoms with Crippen molar-refractivity contribution in [1.82, 2.24) is 0 Å². The van der Waals surface area contributed by atoms with Crippen LogP contribution in [0.4, 0.5) is 0 Å². The molecule has 5 atom stereocenters. The molecule has 3 aliphatic rings. The topological polar surface area (TPSA) is 59.1 Å². The van der Waals surface area contributed by atoms with Crippen molar-refractivity contribution in [3.05, 3.63) is 0 Å². The number of ether oxygens (including phenoxy) is 2. The van der Waals surface area contributed by atoms with Gasteiger partial charge in [-0.25, -0.2) is 4.79 Å². The van der Waals surface area contributed by atoms with Gasteiger partial charge in [-0.1, -0.05) is 0 Å². The standard InChI is InChI=1S/C8H10O4/c9-5-3-1-2-4-7(11-4)6(3)12-8(5)10/h3-7,9H,1-2H2/t3-,4+,5-,6+,7+/m0/s1. The maximum absolute atomic E-state index is 11.0. The molecule has 0 aromatic heterocycles. The van der Waals surface area contributed by atoms with Gasteiger partial charge in [0.2, 0.25) is 0 Å². The third-order valence-electron chi connectivity index (χ3n) is 3.05. The van der Waals surface area contributed by atoms with Crippen LogP contribution in [0.1, 0.15) is 12.8 Å². The van der Waals surface area contributed by atoms with Gasteiger partial charge in [-0.3, -0.25) is 0 Å². The minimum Gasteiger partial charge on any atom is -0.457 e. The van der Waals surface area contributed by atoms with Crippen LogP contribution in [-0.4, -0.2) is 35.5 Å². The summed E-state index contributed by atoms with van der Waals surface area (Å²) < 4.78 is 10.3. The number of rotatable bonds is 0. The molecule has 2 heterocycles. The zero-order chi connectivity index (χ0) is 8.29. The Hall–Kier alpha value is -0.610. The van der Waals surface area contributed by atoms with E-state index in [2.05, 4.69) is 0 Å². The number of esters is 1. The van der Waals surface area contributed by atoms with Crippen molar-refractivity contribution in [3.63, 3.8) is 0 Å². The van der Waals surface area contributed by atoms with Crippen LogP contribution in [0.25, 0.3) is 0 Å². The molecule has 0 unspecified atom stereocenters. The van der Waals surface area contributed by atoms with Gasteiger partial charge in [0.15, 0.2) is 6.10 Å². The van der Waals surface area contributed by atoms with E-state index in [-0.39, 0.29) is 18.1 Å². The van der Waals surface area contributed by atoms with E-state index >= 15 is 0 Å². The lowest BCUT2D eigenvalue weighted by Crippen LogP contribution is -2.33. The number of carbonyl (C=O) groups is 1. The van der Waals surface area contributed by atoms with Crippen LogP contribution in [0.15, 0.2) is 0 Å². The third kappa shape index (κ3) is 0.716. The molecule has 1 saturated carbocycles. The summed E-state index contributed by atoms with van der Waals surface area (Å²) in [6.45, 7) is 0. The molecule has 2 aliphatic heterocycles. The highest BCUT2D eigenvalue weighted by molar-refractivity contribution is 5.77. The lowest BCUT2D eigenvalue weighted by Gasteiger charge is -2.19. The highest BCUT2D eigenvalue weighted by atomic mass is 16.6. The van der Waals surface area contributed by atoms with Gasteiger partial charge in [-0.2, -0.15) is 0 Å². The van der Waals surface area contributed by atoms with Crippen LogP contribution in [0.5, 0.6) is 0 Å². The molecule has 4 heteroatoms. The molecule has 0 amide bonds. The van der Waals surface area contributed by atoms with Gasteiger partial charge in [-0.15, -0.1) is 0 Å². The van der Waals surface area contributed by atoms with Crippen LogP contribution < -0.4 is 0 Å². The molecule has 0 bridgehead atoms. The first-order valence-corrected chi connectivity index (χ1v) is 4.31. The Bertz CT molecular complexity index is 239. The molecular formula is C8H10O4. The normalized spacial score (nSPS) is 55.8. The van der Waals surface area contributed by atoms with E-state index in [0.717, 1.165) is 12.8 Å². The highest BCUT2D eigenvalue weighted by Crippen LogP contribution is 2.45. The second-order valence-corrected chi connectivity index (χ2v) is 3.73. The molecule has 0 spiro atoms. The first-order chi connectivity index (χ1) is 5.77. The average Bonchev–Trinajstić information content (AvgIpc) is 2.77. The van der Waals surface area contributed by atoms with Crippen molar-refractivity contribution in [2.45, 2.75) is 37.3 Å². The number of aliphatic hydroxyl groups excluding tert-OH is 1. The summed E-state index contributed by atoms with van der Waals surface area (Å²) in [6, 6.07) is 0. The van der Waals surface area contributed by atoms with Crippen molar-refractivity contribution in [2.24, 2.45) is 5.92 Å². The third-order valence-corrected chi connectivity index (χ3v) is 3.05. The van der Waals surface area contributed by atoms with Crippen LogP contribution in [0, 0.1) is 5.92 Å². The molecule has 3 rings (SSSR count). The Morgan fingerprint density at radius 2 is 2.17 bits per heavy atom. The predicted molar refractivity (Wildman–Crippen MR) is 37.3 cm³/mol. The zero-order valence-electron chi connectivity index (χ0n) is 6.47. The lowest BCUT2D eigenvalue weighted by molar-refractivity contribution is -0.147. The highest BCUT2D eigenvalue weighted by Gasteiger charge is 2.59. The molecule has 1 N–H and O–H groups in total. The number of fused-ring (bicyclic) bond motifs is 3. The van der Waals surface area contributed by atoms with E-state index in [4.69, 9.17) is 9.47 Å². The summed E-state index contributed by atoms with van der Waals surface area (Å²) in [6.07, 6.45) is 1.12. The Labute approximate surface area is 69.5 Å². The van der Waals surface area contributed by atoms with Gasteiger partial charge >= 0.3 is 5.97 Å². The minimum atomic E-state index is -0.903. The van der Waals surface area contributed by atoms with E-state index in [9.17, 15) is 9.90 Å². The molecule has 1 aliphatic carbocycles. The van der Waals surface area contributed by atoms with Crippen LogP contribution in [0.2, 0.25) is 0 Å². The monoisotopic (exact) mass is 170 g/mol. The zero-order valence-corrected chi connectivity index (χ0v) is 6.47. The van der Waals surface area contributed by atoms with Crippen molar-refractivity contribution in [2.75, 3.05) is 0 Å². The number of hydrogen-bond donors (Lipinski definition) is 1. The molecule has 3 fully saturated rings. The Morgan fingerprint density at radius 1 is 1.33 bits per heavy atom. The SMILES string of the molecule is O=C1O[C@@H]2[C@@H](CC[C@H]3O[C@@H]23)[C@@H]1O. The van der Waals surface area contributed by atoms with E-state index in [1.54, 1.807) is 0 Å².